The van der Waals surface area contributed by atoms with Gasteiger partial charge in [-0.3, -0.25) is 0 Å². The summed E-state index contributed by atoms with van der Waals surface area (Å²) < 4.78 is 5.44. The van der Waals surface area contributed by atoms with Gasteiger partial charge < -0.3 is 15.0 Å². The molecule has 0 fully saturated rings. The Hall–Kier alpha value is -0.700. The molecule has 1 heterocycles. The fourth-order valence-corrected chi connectivity index (χ4v) is 1.18. The van der Waals surface area contributed by atoms with Crippen molar-refractivity contribution in [2.75, 3.05) is 33.8 Å². The molecule has 1 aliphatic heterocycles. The van der Waals surface area contributed by atoms with Crippen LogP contribution in [0.15, 0.2) is 12.0 Å². The van der Waals surface area contributed by atoms with E-state index in [9.17, 15) is 0 Å². The molecule has 1 aliphatic rings. The third-order valence-electron chi connectivity index (χ3n) is 1.83. The van der Waals surface area contributed by atoms with E-state index in [1.165, 1.54) is 6.42 Å². The van der Waals surface area contributed by atoms with Crippen molar-refractivity contribution in [3.63, 3.8) is 0 Å². The van der Waals surface area contributed by atoms with E-state index in [1.807, 2.05) is 6.20 Å². The van der Waals surface area contributed by atoms with Crippen LogP contribution in [-0.4, -0.2) is 38.7 Å². The average molecular weight is 170 g/mol. The third-order valence-corrected chi connectivity index (χ3v) is 1.83. The number of hydrogen-bond donors (Lipinski definition) is 1. The van der Waals surface area contributed by atoms with Gasteiger partial charge in [0, 0.05) is 19.2 Å². The average Bonchev–Trinajstić information content (AvgIpc) is 2.05. The van der Waals surface area contributed by atoms with E-state index in [0.29, 0.717) is 0 Å². The van der Waals surface area contributed by atoms with Crippen LogP contribution in [0.25, 0.3) is 0 Å². The van der Waals surface area contributed by atoms with Crippen molar-refractivity contribution in [2.45, 2.75) is 12.8 Å². The summed E-state index contributed by atoms with van der Waals surface area (Å²) in [7, 11) is 4.18. The van der Waals surface area contributed by atoms with Crippen molar-refractivity contribution in [3.8, 4) is 0 Å². The monoisotopic (exact) mass is 170 g/mol. The first kappa shape index (κ1) is 9.39. The van der Waals surface area contributed by atoms with Gasteiger partial charge in [-0.1, -0.05) is 0 Å². The van der Waals surface area contributed by atoms with Gasteiger partial charge in [0.25, 0.3) is 0 Å². The van der Waals surface area contributed by atoms with Crippen LogP contribution in [-0.2, 0) is 4.74 Å². The highest BCUT2D eigenvalue weighted by Crippen LogP contribution is 2.08. The van der Waals surface area contributed by atoms with Crippen molar-refractivity contribution in [2.24, 2.45) is 0 Å². The van der Waals surface area contributed by atoms with Crippen LogP contribution < -0.4 is 5.32 Å². The molecule has 0 aromatic heterocycles. The lowest BCUT2D eigenvalue weighted by molar-refractivity contribution is 0.185. The topological polar surface area (TPSA) is 24.5 Å². The van der Waals surface area contributed by atoms with E-state index >= 15 is 0 Å². The maximum atomic E-state index is 5.44. The Balaban J connectivity index is 2.09. The van der Waals surface area contributed by atoms with Crippen LogP contribution in [0.3, 0.4) is 0 Å². The lowest BCUT2D eigenvalue weighted by Crippen LogP contribution is -2.21. The molecule has 3 heteroatoms. The quantitative estimate of drug-likeness (QED) is 0.675. The number of nitrogens with one attached hydrogen (secondary N) is 1. The van der Waals surface area contributed by atoms with E-state index < -0.39 is 0 Å². The van der Waals surface area contributed by atoms with E-state index in [-0.39, 0.29) is 0 Å². The highest BCUT2D eigenvalue weighted by atomic mass is 16.5. The van der Waals surface area contributed by atoms with Gasteiger partial charge in [0.1, 0.15) is 12.4 Å². The Morgan fingerprint density at radius 3 is 3.00 bits per heavy atom. The van der Waals surface area contributed by atoms with E-state index in [4.69, 9.17) is 4.74 Å². The molecule has 1 rings (SSSR count). The highest BCUT2D eigenvalue weighted by Gasteiger charge is 2.02. The maximum Gasteiger partial charge on any atom is 0.112 e. The zero-order valence-corrected chi connectivity index (χ0v) is 7.97. The fourth-order valence-electron chi connectivity index (χ4n) is 1.18. The lowest BCUT2D eigenvalue weighted by atomic mass is 10.2. The normalized spacial score (nSPS) is 16.8. The van der Waals surface area contributed by atoms with Gasteiger partial charge in [-0.15, -0.1) is 0 Å². The van der Waals surface area contributed by atoms with Crippen molar-refractivity contribution in [3.05, 3.63) is 12.0 Å². The highest BCUT2D eigenvalue weighted by molar-refractivity contribution is 4.94. The molecular weight excluding hydrogens is 152 g/mol. The first-order chi connectivity index (χ1) is 5.79. The van der Waals surface area contributed by atoms with Crippen LogP contribution in [0, 0.1) is 0 Å². The number of hydrogen-bond acceptors (Lipinski definition) is 3. The molecule has 0 unspecified atom stereocenters. The zero-order chi connectivity index (χ0) is 8.81. The molecule has 70 valence electrons. The van der Waals surface area contributed by atoms with Crippen molar-refractivity contribution in [1.82, 2.24) is 10.2 Å². The Kier molecular flexibility index (Phi) is 3.94. The summed E-state index contributed by atoms with van der Waals surface area (Å²) in [5.74, 6) is 1.10. The summed E-state index contributed by atoms with van der Waals surface area (Å²) in [6.45, 7) is 2.88. The largest absolute Gasteiger partial charge is 0.495 e. The van der Waals surface area contributed by atoms with Crippen LogP contribution in [0.4, 0.5) is 0 Å². The Bertz CT molecular complexity index is 155. The SMILES string of the molecule is CN(C)CCCC1=CNCCO1. The van der Waals surface area contributed by atoms with Crippen molar-refractivity contribution >= 4 is 0 Å². The predicted molar refractivity (Wildman–Crippen MR) is 49.8 cm³/mol. The van der Waals surface area contributed by atoms with Crippen molar-refractivity contribution in [1.29, 1.82) is 0 Å². The molecule has 3 nitrogen and oxygen atoms in total. The van der Waals surface area contributed by atoms with Gasteiger partial charge >= 0.3 is 0 Å². The second kappa shape index (κ2) is 5.04. The molecule has 12 heavy (non-hydrogen) atoms. The molecule has 0 spiro atoms. The Labute approximate surface area is 74.4 Å². The summed E-state index contributed by atoms with van der Waals surface area (Å²) >= 11 is 0. The summed E-state index contributed by atoms with van der Waals surface area (Å²) in [5, 5.41) is 3.17. The number of ether oxygens (including phenoxy) is 1. The zero-order valence-electron chi connectivity index (χ0n) is 7.97. The fraction of sp³-hybridized carbons (Fsp3) is 0.778. The summed E-state index contributed by atoms with van der Waals surface area (Å²) in [6, 6.07) is 0. The van der Waals surface area contributed by atoms with Crippen LogP contribution >= 0.6 is 0 Å². The van der Waals surface area contributed by atoms with E-state index in [2.05, 4.69) is 24.3 Å². The van der Waals surface area contributed by atoms with Gasteiger partial charge in [-0.25, -0.2) is 0 Å². The summed E-state index contributed by atoms with van der Waals surface area (Å²) in [4.78, 5) is 2.19. The minimum Gasteiger partial charge on any atom is -0.495 e. The smallest absolute Gasteiger partial charge is 0.112 e. The molecular formula is C9H18N2O. The molecule has 0 aromatic rings. The number of nitrogens with zero attached hydrogens (tertiary/aromatic N) is 1. The van der Waals surface area contributed by atoms with Gasteiger partial charge in [0.05, 0.1) is 0 Å². The number of allylic oxidation sites excluding steroid dienone is 1. The molecule has 0 saturated heterocycles. The van der Waals surface area contributed by atoms with Crippen molar-refractivity contribution < 1.29 is 4.74 Å². The molecule has 0 aromatic carbocycles. The van der Waals surface area contributed by atoms with Gasteiger partial charge in [-0.2, -0.15) is 0 Å². The van der Waals surface area contributed by atoms with Crippen LogP contribution in [0.1, 0.15) is 12.8 Å². The standard InChI is InChI=1S/C9H18N2O/c1-11(2)6-3-4-9-8-10-5-7-12-9/h8,10H,3-7H2,1-2H3. The number of rotatable bonds is 4. The minimum atomic E-state index is 0.813. The van der Waals surface area contributed by atoms with Crippen LogP contribution in [0.5, 0.6) is 0 Å². The predicted octanol–water partition coefficient (Wildman–Crippen LogP) is 0.789. The summed E-state index contributed by atoms with van der Waals surface area (Å²) in [5.41, 5.74) is 0. The molecule has 0 saturated carbocycles. The minimum absolute atomic E-state index is 0.813. The molecule has 0 radical (unpaired) electrons. The molecule has 1 N–H and O–H groups in total. The molecule has 0 amide bonds. The Morgan fingerprint density at radius 2 is 2.42 bits per heavy atom. The lowest BCUT2D eigenvalue weighted by Gasteiger charge is -2.16. The molecule has 0 atom stereocenters. The van der Waals surface area contributed by atoms with E-state index in [1.54, 1.807) is 0 Å². The van der Waals surface area contributed by atoms with Gasteiger partial charge in [-0.05, 0) is 27.1 Å². The second-order valence-corrected chi connectivity index (χ2v) is 3.32. The van der Waals surface area contributed by atoms with E-state index in [0.717, 1.165) is 31.9 Å². The third kappa shape index (κ3) is 3.62. The first-order valence-corrected chi connectivity index (χ1v) is 4.49. The van der Waals surface area contributed by atoms with Gasteiger partial charge in [0.15, 0.2) is 0 Å². The van der Waals surface area contributed by atoms with Gasteiger partial charge in [0.2, 0.25) is 0 Å². The Morgan fingerprint density at radius 1 is 1.58 bits per heavy atom. The molecule has 0 aliphatic carbocycles. The van der Waals surface area contributed by atoms with Crippen LogP contribution in [0.2, 0.25) is 0 Å². The second-order valence-electron chi connectivity index (χ2n) is 3.32. The summed E-state index contributed by atoms with van der Waals surface area (Å²) in [6.07, 6.45) is 4.20. The first-order valence-electron chi connectivity index (χ1n) is 4.49. The maximum absolute atomic E-state index is 5.44. The molecule has 0 bridgehead atoms.